The van der Waals surface area contributed by atoms with E-state index >= 15 is 0 Å². The summed E-state index contributed by atoms with van der Waals surface area (Å²) in [7, 11) is 0. The largest absolute Gasteiger partial charge is 0.313 e. The summed E-state index contributed by atoms with van der Waals surface area (Å²) < 4.78 is 26.0. The van der Waals surface area contributed by atoms with Gasteiger partial charge >= 0.3 is 0 Å². The van der Waals surface area contributed by atoms with E-state index in [0.717, 1.165) is 31.5 Å². The van der Waals surface area contributed by atoms with E-state index in [9.17, 15) is 13.6 Å². The lowest BCUT2D eigenvalue weighted by Crippen LogP contribution is -2.36. The van der Waals surface area contributed by atoms with Crippen LogP contribution in [0.3, 0.4) is 0 Å². The SMILES string of the molecule is C1=CC=CCC=C1.CC1NCCC=CC1C(=O)c1ccc(F)c(F)c1. The molecule has 3 rings (SSSR count). The first-order valence-electron chi connectivity index (χ1n) is 8.47. The van der Waals surface area contributed by atoms with Gasteiger partial charge in [-0.3, -0.25) is 4.79 Å². The third kappa shape index (κ3) is 5.91. The van der Waals surface area contributed by atoms with Gasteiger partial charge in [-0.05, 0) is 44.5 Å². The molecular weight excluding hydrogens is 320 g/mol. The first-order chi connectivity index (χ1) is 12.1. The minimum atomic E-state index is -0.987. The summed E-state index contributed by atoms with van der Waals surface area (Å²) in [5.41, 5.74) is 0.208. The molecule has 25 heavy (non-hydrogen) atoms. The van der Waals surface area contributed by atoms with Crippen molar-refractivity contribution >= 4 is 5.78 Å². The van der Waals surface area contributed by atoms with E-state index in [2.05, 4.69) is 29.6 Å². The molecule has 0 bridgehead atoms. The Bertz CT molecular complexity index is 690. The first kappa shape index (κ1) is 19.0. The standard InChI is InChI=1S/C14H15F2NO.C7H8/c1-9-11(4-2-3-7-17-9)14(18)10-5-6-12(15)13(16)8-10;1-2-4-6-7-5-3-1/h2,4-6,8-9,11,17H,3,7H2,1H3;1-6H,7H2. The van der Waals surface area contributed by atoms with E-state index in [1.165, 1.54) is 6.07 Å². The summed E-state index contributed by atoms with van der Waals surface area (Å²) in [4.78, 5) is 12.2. The zero-order valence-electron chi connectivity index (χ0n) is 14.3. The number of allylic oxidation sites excluding steroid dienone is 6. The Morgan fingerprint density at radius 1 is 1.04 bits per heavy atom. The molecule has 2 aliphatic rings. The summed E-state index contributed by atoms with van der Waals surface area (Å²) in [6.07, 6.45) is 18.2. The predicted octanol–water partition coefficient (Wildman–Crippen LogP) is 4.76. The predicted molar refractivity (Wildman–Crippen MR) is 97.4 cm³/mol. The van der Waals surface area contributed by atoms with Gasteiger partial charge in [-0.25, -0.2) is 8.78 Å². The second-order valence-electron chi connectivity index (χ2n) is 5.96. The molecule has 2 unspecified atom stereocenters. The van der Waals surface area contributed by atoms with Crippen LogP contribution in [0.25, 0.3) is 0 Å². The van der Waals surface area contributed by atoms with Crippen LogP contribution in [0.1, 0.15) is 30.1 Å². The highest BCUT2D eigenvalue weighted by Gasteiger charge is 2.25. The molecule has 4 heteroatoms. The van der Waals surface area contributed by atoms with Crippen molar-refractivity contribution in [1.29, 1.82) is 0 Å². The molecule has 0 saturated heterocycles. The Morgan fingerprint density at radius 3 is 2.44 bits per heavy atom. The van der Waals surface area contributed by atoms with Crippen LogP contribution >= 0.6 is 0 Å². The zero-order chi connectivity index (χ0) is 18.1. The van der Waals surface area contributed by atoms with Crippen molar-refractivity contribution in [3.63, 3.8) is 0 Å². The molecule has 0 radical (unpaired) electrons. The Balaban J connectivity index is 0.000000269. The van der Waals surface area contributed by atoms with Gasteiger partial charge < -0.3 is 5.32 Å². The van der Waals surface area contributed by atoms with Crippen LogP contribution in [0.4, 0.5) is 8.78 Å². The maximum absolute atomic E-state index is 13.1. The van der Waals surface area contributed by atoms with Crippen molar-refractivity contribution in [2.24, 2.45) is 5.92 Å². The minimum Gasteiger partial charge on any atom is -0.313 e. The lowest BCUT2D eigenvalue weighted by molar-refractivity contribution is 0.0927. The monoisotopic (exact) mass is 343 g/mol. The van der Waals surface area contributed by atoms with Crippen molar-refractivity contribution < 1.29 is 13.6 Å². The molecule has 1 aromatic rings. The molecule has 0 amide bonds. The molecule has 0 spiro atoms. The van der Waals surface area contributed by atoms with Gasteiger partial charge in [0.15, 0.2) is 17.4 Å². The summed E-state index contributed by atoms with van der Waals surface area (Å²) in [5, 5.41) is 3.22. The average molecular weight is 343 g/mol. The van der Waals surface area contributed by atoms with E-state index in [-0.39, 0.29) is 23.3 Å². The smallest absolute Gasteiger partial charge is 0.171 e. The third-order valence-electron chi connectivity index (χ3n) is 4.04. The number of Topliss-reactive ketones (excluding diaryl/α,β-unsaturated/α-hetero) is 1. The van der Waals surface area contributed by atoms with Gasteiger partial charge in [0.1, 0.15) is 0 Å². The summed E-state index contributed by atoms with van der Waals surface area (Å²) in [5.74, 6) is -2.45. The van der Waals surface area contributed by atoms with Gasteiger partial charge in [-0.1, -0.05) is 48.6 Å². The molecule has 132 valence electrons. The van der Waals surface area contributed by atoms with Crippen LogP contribution in [0.5, 0.6) is 0 Å². The van der Waals surface area contributed by atoms with E-state index in [1.807, 2.05) is 31.2 Å². The fraction of sp³-hybridized carbons (Fsp3) is 0.286. The topological polar surface area (TPSA) is 29.1 Å². The van der Waals surface area contributed by atoms with E-state index in [4.69, 9.17) is 0 Å². The highest BCUT2D eigenvalue weighted by atomic mass is 19.2. The maximum Gasteiger partial charge on any atom is 0.171 e. The van der Waals surface area contributed by atoms with Crippen molar-refractivity contribution in [3.8, 4) is 0 Å². The number of benzene rings is 1. The van der Waals surface area contributed by atoms with Crippen LogP contribution in [0.15, 0.2) is 66.8 Å². The lowest BCUT2D eigenvalue weighted by atomic mass is 9.91. The molecule has 1 aromatic carbocycles. The van der Waals surface area contributed by atoms with Crippen molar-refractivity contribution in [2.45, 2.75) is 25.8 Å². The minimum absolute atomic E-state index is 0.00985. The molecule has 0 aromatic heterocycles. The van der Waals surface area contributed by atoms with Gasteiger partial charge in [0, 0.05) is 11.6 Å². The van der Waals surface area contributed by atoms with Gasteiger partial charge in [-0.15, -0.1) is 0 Å². The number of ketones is 1. The van der Waals surface area contributed by atoms with Gasteiger partial charge in [0.2, 0.25) is 0 Å². The summed E-state index contributed by atoms with van der Waals surface area (Å²) in [6.45, 7) is 2.73. The molecule has 1 aliphatic carbocycles. The molecular formula is C21H23F2NO. The second kappa shape index (κ2) is 9.84. The van der Waals surface area contributed by atoms with Crippen LogP contribution in [-0.4, -0.2) is 18.4 Å². The Kier molecular flexibility index (Phi) is 7.48. The normalized spacial score (nSPS) is 21.9. The number of carbonyl (C=O) groups excluding carboxylic acids is 1. The fourth-order valence-electron chi connectivity index (χ4n) is 2.61. The number of hydrogen-bond acceptors (Lipinski definition) is 2. The number of halogens is 2. The van der Waals surface area contributed by atoms with Crippen molar-refractivity contribution in [1.82, 2.24) is 5.32 Å². The number of nitrogens with one attached hydrogen (secondary N) is 1. The Labute approximate surface area is 147 Å². The maximum atomic E-state index is 13.1. The van der Waals surface area contributed by atoms with E-state index in [1.54, 1.807) is 0 Å². The van der Waals surface area contributed by atoms with E-state index < -0.39 is 11.6 Å². The number of carbonyl (C=O) groups is 1. The molecule has 0 fully saturated rings. The quantitative estimate of drug-likeness (QED) is 0.620. The molecule has 0 saturated carbocycles. The molecule has 2 nitrogen and oxygen atoms in total. The number of rotatable bonds is 2. The third-order valence-corrected chi connectivity index (χ3v) is 4.04. The van der Waals surface area contributed by atoms with Crippen molar-refractivity contribution in [2.75, 3.05) is 6.54 Å². The summed E-state index contributed by atoms with van der Waals surface area (Å²) >= 11 is 0. The molecule has 1 aliphatic heterocycles. The zero-order valence-corrected chi connectivity index (χ0v) is 14.3. The average Bonchev–Trinajstić information content (AvgIpc) is 3.02. The molecule has 2 atom stereocenters. The summed E-state index contributed by atoms with van der Waals surface area (Å²) in [6, 6.07) is 3.26. The Hall–Kier alpha value is -2.33. The fourth-order valence-corrected chi connectivity index (χ4v) is 2.61. The van der Waals surface area contributed by atoms with Crippen LogP contribution in [0.2, 0.25) is 0 Å². The highest BCUT2D eigenvalue weighted by Crippen LogP contribution is 2.18. The second-order valence-corrected chi connectivity index (χ2v) is 5.96. The van der Waals surface area contributed by atoms with Gasteiger partial charge in [-0.2, -0.15) is 0 Å². The highest BCUT2D eigenvalue weighted by molar-refractivity contribution is 5.99. The van der Waals surface area contributed by atoms with Crippen LogP contribution in [-0.2, 0) is 0 Å². The van der Waals surface area contributed by atoms with Crippen LogP contribution in [0, 0.1) is 17.6 Å². The van der Waals surface area contributed by atoms with Crippen molar-refractivity contribution in [3.05, 3.63) is 84.0 Å². The number of hydrogen-bond donors (Lipinski definition) is 1. The first-order valence-corrected chi connectivity index (χ1v) is 8.47. The lowest BCUT2D eigenvalue weighted by Gasteiger charge is -2.19. The van der Waals surface area contributed by atoms with E-state index in [0.29, 0.717) is 0 Å². The Morgan fingerprint density at radius 2 is 1.76 bits per heavy atom. The van der Waals surface area contributed by atoms with Crippen LogP contribution < -0.4 is 5.32 Å². The van der Waals surface area contributed by atoms with Gasteiger partial charge in [0.05, 0.1) is 5.92 Å². The van der Waals surface area contributed by atoms with Gasteiger partial charge in [0.25, 0.3) is 0 Å². The molecule has 1 N–H and O–H groups in total. The molecule has 1 heterocycles.